The van der Waals surface area contributed by atoms with Crippen LogP contribution in [0, 0.1) is 0 Å². The molecule has 0 aromatic heterocycles. The van der Waals surface area contributed by atoms with Crippen LogP contribution in [-0.4, -0.2) is 18.2 Å². The first kappa shape index (κ1) is 22.8. The lowest BCUT2D eigenvalue weighted by Gasteiger charge is -2.26. The van der Waals surface area contributed by atoms with E-state index in [0.29, 0.717) is 22.6 Å². The van der Waals surface area contributed by atoms with Crippen LogP contribution in [0.15, 0.2) is 72.8 Å². The predicted molar refractivity (Wildman–Crippen MR) is 116 cm³/mol. The van der Waals surface area contributed by atoms with Gasteiger partial charge in [0.05, 0.1) is 0 Å². The summed E-state index contributed by atoms with van der Waals surface area (Å²) < 4.78 is 11.0. The van der Waals surface area contributed by atoms with E-state index in [9.17, 15) is 14.4 Å². The lowest BCUT2D eigenvalue weighted by Crippen LogP contribution is -2.16. The minimum Gasteiger partial charge on any atom is -0.423 e. The fraction of sp³-hybridized carbons (Fsp3) is 0.240. The number of aldehydes is 1. The summed E-state index contributed by atoms with van der Waals surface area (Å²) in [6.45, 7) is 12.3. The average Bonchev–Trinajstić information content (AvgIpc) is 2.72. The highest BCUT2D eigenvalue weighted by molar-refractivity contribution is 5.89. The van der Waals surface area contributed by atoms with Crippen molar-refractivity contribution in [3.8, 4) is 11.5 Å². The Kier molecular flexibility index (Phi) is 7.87. The van der Waals surface area contributed by atoms with Crippen molar-refractivity contribution in [2.24, 2.45) is 0 Å². The van der Waals surface area contributed by atoms with Crippen LogP contribution in [0.1, 0.15) is 50.2 Å². The third-order valence-electron chi connectivity index (χ3n) is 4.78. The number of ether oxygens (including phenoxy) is 2. The molecule has 2 rings (SSSR count). The van der Waals surface area contributed by atoms with E-state index in [0.717, 1.165) is 11.8 Å². The summed E-state index contributed by atoms with van der Waals surface area (Å²) in [5.41, 5.74) is 2.05. The monoisotopic (exact) mass is 406 g/mol. The number of benzene rings is 2. The standard InChI is InChI=1S/C25H26O5/c1-16(2)24(27)29-22-12-8-6-10-20(22)18(5)19(14-15-26)21-11-7-9-13-23(21)30-25(28)17(3)4/h6-13,15,18-19H,1,3,14H2,2,4-5H3. The van der Waals surface area contributed by atoms with E-state index < -0.39 is 11.9 Å². The number of esters is 2. The van der Waals surface area contributed by atoms with Gasteiger partial charge in [-0.05, 0) is 43.0 Å². The average molecular weight is 406 g/mol. The second-order valence-corrected chi connectivity index (χ2v) is 7.21. The molecule has 0 saturated heterocycles. The Bertz CT molecular complexity index is 973. The van der Waals surface area contributed by atoms with E-state index >= 15 is 0 Å². The molecule has 5 nitrogen and oxygen atoms in total. The normalized spacial score (nSPS) is 12.4. The van der Waals surface area contributed by atoms with Crippen LogP contribution in [0.2, 0.25) is 0 Å². The molecule has 0 bridgehead atoms. The highest BCUT2D eigenvalue weighted by Gasteiger charge is 2.27. The minimum atomic E-state index is -0.532. The maximum absolute atomic E-state index is 12.1. The topological polar surface area (TPSA) is 69.7 Å². The van der Waals surface area contributed by atoms with Crippen molar-refractivity contribution in [3.05, 3.63) is 84.0 Å². The van der Waals surface area contributed by atoms with Gasteiger partial charge in [-0.3, -0.25) is 0 Å². The molecule has 2 aromatic carbocycles. The summed E-state index contributed by atoms with van der Waals surface area (Å²) >= 11 is 0. The molecular formula is C25H26O5. The van der Waals surface area contributed by atoms with Crippen LogP contribution in [0.4, 0.5) is 0 Å². The fourth-order valence-electron chi connectivity index (χ4n) is 3.12. The molecule has 2 unspecified atom stereocenters. The van der Waals surface area contributed by atoms with E-state index in [1.165, 1.54) is 0 Å². The molecule has 0 saturated carbocycles. The molecule has 2 aromatic rings. The van der Waals surface area contributed by atoms with Gasteiger partial charge >= 0.3 is 11.9 Å². The van der Waals surface area contributed by atoms with E-state index in [-0.39, 0.29) is 23.8 Å². The zero-order valence-corrected chi connectivity index (χ0v) is 17.5. The molecule has 5 heteroatoms. The van der Waals surface area contributed by atoms with Crippen molar-refractivity contribution in [1.29, 1.82) is 0 Å². The van der Waals surface area contributed by atoms with E-state index in [1.807, 2.05) is 31.2 Å². The van der Waals surface area contributed by atoms with Crippen LogP contribution in [-0.2, 0) is 14.4 Å². The third-order valence-corrected chi connectivity index (χ3v) is 4.78. The summed E-state index contributed by atoms with van der Waals surface area (Å²) in [7, 11) is 0. The highest BCUT2D eigenvalue weighted by Crippen LogP contribution is 2.42. The van der Waals surface area contributed by atoms with Crippen molar-refractivity contribution in [2.75, 3.05) is 0 Å². The Labute approximate surface area is 177 Å². The van der Waals surface area contributed by atoms with Gasteiger partial charge in [-0.15, -0.1) is 0 Å². The van der Waals surface area contributed by atoms with Gasteiger partial charge in [0.2, 0.25) is 0 Å². The van der Waals surface area contributed by atoms with Gasteiger partial charge < -0.3 is 14.3 Å². The number of hydrogen-bond acceptors (Lipinski definition) is 5. The molecule has 0 aliphatic carbocycles. The van der Waals surface area contributed by atoms with Crippen molar-refractivity contribution in [1.82, 2.24) is 0 Å². The van der Waals surface area contributed by atoms with Crippen molar-refractivity contribution < 1.29 is 23.9 Å². The van der Waals surface area contributed by atoms with E-state index in [2.05, 4.69) is 13.2 Å². The minimum absolute atomic E-state index is 0.200. The van der Waals surface area contributed by atoms with Gasteiger partial charge in [0.1, 0.15) is 17.8 Å². The lowest BCUT2D eigenvalue weighted by molar-refractivity contribution is -0.131. The summed E-state index contributed by atoms with van der Waals surface area (Å²) in [4.78, 5) is 35.6. The first-order chi connectivity index (χ1) is 14.3. The zero-order chi connectivity index (χ0) is 22.3. The van der Waals surface area contributed by atoms with E-state index in [4.69, 9.17) is 9.47 Å². The molecule has 0 amide bonds. The molecule has 0 radical (unpaired) electrons. The number of carbonyl (C=O) groups excluding carboxylic acids is 3. The molecule has 156 valence electrons. The molecular weight excluding hydrogens is 380 g/mol. The zero-order valence-electron chi connectivity index (χ0n) is 17.5. The predicted octanol–water partition coefficient (Wildman–Crippen LogP) is 5.13. The Morgan fingerprint density at radius 2 is 1.30 bits per heavy atom. The molecule has 0 fully saturated rings. The Hall–Kier alpha value is -3.47. The SMILES string of the molecule is C=C(C)C(=O)Oc1ccccc1C(C)C(CC=O)c1ccccc1OC(=O)C(=C)C. The second kappa shape index (κ2) is 10.3. The first-order valence-corrected chi connectivity index (χ1v) is 9.63. The van der Waals surface area contributed by atoms with Gasteiger partial charge in [0, 0.05) is 23.5 Å². The van der Waals surface area contributed by atoms with Crippen LogP contribution in [0.3, 0.4) is 0 Å². The molecule has 0 N–H and O–H groups in total. The second-order valence-electron chi connectivity index (χ2n) is 7.21. The molecule has 2 atom stereocenters. The highest BCUT2D eigenvalue weighted by atomic mass is 16.5. The van der Waals surface area contributed by atoms with Crippen LogP contribution >= 0.6 is 0 Å². The maximum atomic E-state index is 12.1. The first-order valence-electron chi connectivity index (χ1n) is 9.63. The van der Waals surface area contributed by atoms with Crippen molar-refractivity contribution in [3.63, 3.8) is 0 Å². The van der Waals surface area contributed by atoms with Gasteiger partial charge in [0.25, 0.3) is 0 Å². The largest absolute Gasteiger partial charge is 0.423 e. The van der Waals surface area contributed by atoms with Crippen LogP contribution < -0.4 is 9.47 Å². The Balaban J connectivity index is 2.47. The Morgan fingerprint density at radius 1 is 0.867 bits per heavy atom. The maximum Gasteiger partial charge on any atom is 0.338 e. The summed E-state index contributed by atoms with van der Waals surface area (Å²) in [5.74, 6) is -0.783. The summed E-state index contributed by atoms with van der Waals surface area (Å²) in [5, 5.41) is 0. The molecule has 0 aliphatic heterocycles. The Morgan fingerprint density at radius 3 is 1.77 bits per heavy atom. The smallest absolute Gasteiger partial charge is 0.338 e. The molecule has 30 heavy (non-hydrogen) atoms. The van der Waals surface area contributed by atoms with Crippen LogP contribution in [0.5, 0.6) is 11.5 Å². The van der Waals surface area contributed by atoms with Crippen molar-refractivity contribution >= 4 is 18.2 Å². The van der Waals surface area contributed by atoms with Gasteiger partial charge in [0.15, 0.2) is 0 Å². The molecule has 0 heterocycles. The number of carbonyl (C=O) groups is 3. The number of hydrogen-bond donors (Lipinski definition) is 0. The summed E-state index contributed by atoms with van der Waals surface area (Å²) in [6, 6.07) is 14.3. The van der Waals surface area contributed by atoms with E-state index in [1.54, 1.807) is 38.1 Å². The summed E-state index contributed by atoms with van der Waals surface area (Å²) in [6.07, 6.45) is 1.03. The van der Waals surface area contributed by atoms with Gasteiger partial charge in [-0.25, -0.2) is 9.59 Å². The van der Waals surface area contributed by atoms with Gasteiger partial charge in [-0.2, -0.15) is 0 Å². The third kappa shape index (κ3) is 5.54. The number of rotatable bonds is 9. The molecule has 0 aliphatic rings. The van der Waals surface area contributed by atoms with Gasteiger partial charge in [-0.1, -0.05) is 56.5 Å². The fourth-order valence-corrected chi connectivity index (χ4v) is 3.12. The lowest BCUT2D eigenvalue weighted by atomic mass is 9.80. The number of para-hydroxylation sites is 2. The quantitative estimate of drug-likeness (QED) is 0.250. The van der Waals surface area contributed by atoms with Crippen molar-refractivity contribution in [2.45, 2.75) is 39.0 Å². The van der Waals surface area contributed by atoms with Crippen LogP contribution in [0.25, 0.3) is 0 Å². The molecule has 0 spiro atoms.